The van der Waals surface area contributed by atoms with E-state index in [2.05, 4.69) is 10.1 Å². The number of aromatic nitrogens is 3. The first-order valence-corrected chi connectivity index (χ1v) is 7.49. The van der Waals surface area contributed by atoms with Gasteiger partial charge in [0.15, 0.2) is 0 Å². The molecule has 2 aromatic heterocycles. The highest BCUT2D eigenvalue weighted by Crippen LogP contribution is 2.33. The van der Waals surface area contributed by atoms with E-state index in [0.29, 0.717) is 18.0 Å². The van der Waals surface area contributed by atoms with Gasteiger partial charge in [0.05, 0.1) is 24.4 Å². The molecule has 0 saturated carbocycles. The summed E-state index contributed by atoms with van der Waals surface area (Å²) in [4.78, 5) is 15.1. The number of aliphatic hydroxyl groups is 1. The predicted octanol–water partition coefficient (Wildman–Crippen LogP) is 2.55. The molecule has 0 radical (unpaired) electrons. The number of H-pyrrole nitrogens is 1. The average Bonchev–Trinajstić information content (AvgIpc) is 3.09. The van der Waals surface area contributed by atoms with Crippen molar-refractivity contribution in [3.8, 4) is 11.1 Å². The van der Waals surface area contributed by atoms with Gasteiger partial charge < -0.3 is 14.8 Å². The summed E-state index contributed by atoms with van der Waals surface area (Å²) < 4.78 is 6.79. The molecular weight excluding hydrogens is 294 g/mol. The molecule has 2 heterocycles. The molecule has 0 saturated heterocycles. The molecule has 0 unspecified atom stereocenters. The van der Waals surface area contributed by atoms with Gasteiger partial charge in [-0.3, -0.25) is 4.68 Å². The summed E-state index contributed by atoms with van der Waals surface area (Å²) >= 11 is 0. The monoisotopic (exact) mass is 313 g/mol. The number of aliphatic hydroxyl groups excluding tert-OH is 1. The molecule has 0 aliphatic rings. The molecule has 3 rings (SSSR count). The van der Waals surface area contributed by atoms with E-state index in [4.69, 9.17) is 4.74 Å². The van der Waals surface area contributed by atoms with Crippen LogP contribution < -0.4 is 0 Å². The molecule has 0 aliphatic carbocycles. The summed E-state index contributed by atoms with van der Waals surface area (Å²) in [5.41, 5.74) is 4.62. The van der Waals surface area contributed by atoms with E-state index in [-0.39, 0.29) is 12.6 Å². The van der Waals surface area contributed by atoms with Crippen LogP contribution in [0.3, 0.4) is 0 Å². The normalized spacial score (nSPS) is 11.1. The Bertz CT molecular complexity index is 877. The number of aryl methyl sites for hydroxylation is 1. The molecule has 120 valence electrons. The smallest absolute Gasteiger partial charge is 0.354 e. The Morgan fingerprint density at radius 2 is 2.22 bits per heavy atom. The summed E-state index contributed by atoms with van der Waals surface area (Å²) in [5, 5.41) is 14.9. The van der Waals surface area contributed by atoms with Gasteiger partial charge in [0.25, 0.3) is 0 Å². The van der Waals surface area contributed by atoms with E-state index in [9.17, 15) is 9.90 Å². The Balaban J connectivity index is 2.21. The van der Waals surface area contributed by atoms with Crippen LogP contribution in [0.15, 0.2) is 24.3 Å². The summed E-state index contributed by atoms with van der Waals surface area (Å²) in [6.07, 6.45) is 0. The van der Waals surface area contributed by atoms with E-state index in [1.165, 1.54) is 0 Å². The van der Waals surface area contributed by atoms with Crippen LogP contribution in [-0.2, 0) is 18.4 Å². The van der Waals surface area contributed by atoms with Gasteiger partial charge in [-0.25, -0.2) is 4.79 Å². The first-order valence-electron chi connectivity index (χ1n) is 7.49. The zero-order valence-electron chi connectivity index (χ0n) is 13.4. The largest absolute Gasteiger partial charge is 0.461 e. The van der Waals surface area contributed by atoms with Gasteiger partial charge >= 0.3 is 5.97 Å². The van der Waals surface area contributed by atoms with Crippen LogP contribution in [0.5, 0.6) is 0 Å². The molecule has 0 aliphatic heterocycles. The number of nitrogens with zero attached hydrogens (tertiary/aromatic N) is 2. The number of benzene rings is 1. The van der Waals surface area contributed by atoms with Crippen LogP contribution >= 0.6 is 0 Å². The van der Waals surface area contributed by atoms with Gasteiger partial charge in [0.1, 0.15) is 5.69 Å². The minimum absolute atomic E-state index is 0.140. The number of aromatic amines is 1. The number of esters is 1. The summed E-state index contributed by atoms with van der Waals surface area (Å²) in [5.74, 6) is -0.375. The third-order valence-corrected chi connectivity index (χ3v) is 3.98. The lowest BCUT2D eigenvalue weighted by atomic mass is 10.0. The van der Waals surface area contributed by atoms with Crippen molar-refractivity contribution in [3.63, 3.8) is 0 Å². The fourth-order valence-electron chi connectivity index (χ4n) is 2.82. The van der Waals surface area contributed by atoms with Crippen molar-refractivity contribution in [2.24, 2.45) is 7.05 Å². The minimum atomic E-state index is -0.375. The molecular formula is C17H19N3O3. The van der Waals surface area contributed by atoms with Gasteiger partial charge in [-0.1, -0.05) is 18.2 Å². The fraction of sp³-hybridized carbons (Fsp3) is 0.294. The maximum Gasteiger partial charge on any atom is 0.354 e. The summed E-state index contributed by atoms with van der Waals surface area (Å²) in [6, 6.07) is 7.59. The van der Waals surface area contributed by atoms with Crippen LogP contribution in [-0.4, -0.2) is 32.4 Å². The lowest BCUT2D eigenvalue weighted by molar-refractivity contribution is 0.0520. The molecule has 6 nitrogen and oxygen atoms in total. The molecule has 0 bridgehead atoms. The van der Waals surface area contributed by atoms with Gasteiger partial charge in [0.2, 0.25) is 0 Å². The standard InChI is InChI=1S/C17H19N3O3/c1-4-23-17(22)13-8-11-6-5-7-12(16(11)18-13)15-10(2)20(3)19-14(15)9-21/h5-8,18,21H,4,9H2,1-3H3. The second-order valence-electron chi connectivity index (χ2n) is 5.36. The Hall–Kier alpha value is -2.60. The highest BCUT2D eigenvalue weighted by atomic mass is 16.5. The number of para-hydroxylation sites is 1. The third-order valence-electron chi connectivity index (χ3n) is 3.98. The van der Waals surface area contributed by atoms with Crippen molar-refractivity contribution < 1.29 is 14.6 Å². The molecule has 0 fully saturated rings. The minimum Gasteiger partial charge on any atom is -0.461 e. The molecule has 23 heavy (non-hydrogen) atoms. The SMILES string of the molecule is CCOC(=O)c1cc2cccc(-c3c(CO)nn(C)c3C)c2[nH]1. The van der Waals surface area contributed by atoms with Gasteiger partial charge in [-0.2, -0.15) is 5.10 Å². The second-order valence-corrected chi connectivity index (χ2v) is 5.36. The zero-order chi connectivity index (χ0) is 16.6. The zero-order valence-corrected chi connectivity index (χ0v) is 13.4. The topological polar surface area (TPSA) is 80.1 Å². The van der Waals surface area contributed by atoms with E-state index in [1.807, 2.05) is 32.2 Å². The average molecular weight is 313 g/mol. The van der Waals surface area contributed by atoms with E-state index in [0.717, 1.165) is 27.7 Å². The predicted molar refractivity (Wildman–Crippen MR) is 87.1 cm³/mol. The van der Waals surface area contributed by atoms with Crippen LogP contribution in [0.25, 0.3) is 22.0 Å². The Kier molecular flexibility index (Phi) is 3.92. The Morgan fingerprint density at radius 1 is 1.43 bits per heavy atom. The number of hydrogen-bond donors (Lipinski definition) is 2. The van der Waals surface area contributed by atoms with E-state index in [1.54, 1.807) is 17.7 Å². The van der Waals surface area contributed by atoms with Crippen LogP contribution in [0.4, 0.5) is 0 Å². The number of ether oxygens (including phenoxy) is 1. The molecule has 2 N–H and O–H groups in total. The first kappa shape index (κ1) is 15.3. The third kappa shape index (κ3) is 2.51. The van der Waals surface area contributed by atoms with Crippen molar-refractivity contribution in [2.45, 2.75) is 20.5 Å². The molecule has 3 aromatic rings. The first-order chi connectivity index (χ1) is 11.1. The van der Waals surface area contributed by atoms with Crippen molar-refractivity contribution in [1.29, 1.82) is 0 Å². The fourth-order valence-corrected chi connectivity index (χ4v) is 2.82. The van der Waals surface area contributed by atoms with Crippen LogP contribution in [0.2, 0.25) is 0 Å². The summed E-state index contributed by atoms with van der Waals surface area (Å²) in [7, 11) is 1.84. The lowest BCUT2D eigenvalue weighted by Crippen LogP contribution is -2.04. The molecule has 0 atom stereocenters. The van der Waals surface area contributed by atoms with Gasteiger partial charge in [-0.05, 0) is 19.9 Å². The Labute approximate surface area is 133 Å². The van der Waals surface area contributed by atoms with Crippen molar-refractivity contribution >= 4 is 16.9 Å². The molecule has 1 aromatic carbocycles. The number of rotatable bonds is 4. The van der Waals surface area contributed by atoms with E-state index >= 15 is 0 Å². The maximum absolute atomic E-state index is 11.9. The highest BCUT2D eigenvalue weighted by molar-refractivity contribution is 6.01. The number of carbonyl (C=O) groups is 1. The molecule has 0 amide bonds. The number of nitrogens with one attached hydrogen (secondary N) is 1. The van der Waals surface area contributed by atoms with Crippen LogP contribution in [0.1, 0.15) is 28.8 Å². The van der Waals surface area contributed by atoms with Crippen molar-refractivity contribution in [1.82, 2.24) is 14.8 Å². The van der Waals surface area contributed by atoms with Crippen molar-refractivity contribution in [2.75, 3.05) is 6.61 Å². The number of fused-ring (bicyclic) bond motifs is 1. The van der Waals surface area contributed by atoms with Crippen LogP contribution in [0, 0.1) is 6.92 Å². The number of carbonyl (C=O) groups excluding carboxylic acids is 1. The van der Waals surface area contributed by atoms with Gasteiger partial charge in [0, 0.05) is 29.3 Å². The quantitative estimate of drug-likeness (QED) is 0.725. The number of hydrogen-bond acceptors (Lipinski definition) is 4. The highest BCUT2D eigenvalue weighted by Gasteiger charge is 2.19. The van der Waals surface area contributed by atoms with E-state index < -0.39 is 0 Å². The Morgan fingerprint density at radius 3 is 2.91 bits per heavy atom. The summed E-state index contributed by atoms with van der Waals surface area (Å²) in [6.45, 7) is 3.92. The molecule has 0 spiro atoms. The molecule has 6 heteroatoms. The van der Waals surface area contributed by atoms with Crippen molar-refractivity contribution in [3.05, 3.63) is 41.3 Å². The lowest BCUT2D eigenvalue weighted by Gasteiger charge is -2.05. The second kappa shape index (κ2) is 5.89. The van der Waals surface area contributed by atoms with Gasteiger partial charge in [-0.15, -0.1) is 0 Å². The maximum atomic E-state index is 11.9.